The van der Waals surface area contributed by atoms with E-state index in [-0.39, 0.29) is 0 Å². The molecule has 0 saturated heterocycles. The summed E-state index contributed by atoms with van der Waals surface area (Å²) in [6.07, 6.45) is 7.46. The predicted octanol–water partition coefficient (Wildman–Crippen LogP) is 2.67. The fourth-order valence-corrected chi connectivity index (χ4v) is 3.10. The quantitative estimate of drug-likeness (QED) is 0.546. The van der Waals surface area contributed by atoms with Gasteiger partial charge >= 0.3 is 7.60 Å². The van der Waals surface area contributed by atoms with E-state index in [1.54, 1.807) is 12.4 Å². The molecule has 0 bridgehead atoms. The Morgan fingerprint density at radius 1 is 0.880 bits per heavy atom. The average molecular weight is 356 g/mol. The lowest BCUT2D eigenvalue weighted by atomic mass is 10.1. The van der Waals surface area contributed by atoms with Crippen LogP contribution < -0.4 is 9.13 Å². The first-order valence-corrected chi connectivity index (χ1v) is 9.71. The molecule has 5 nitrogen and oxygen atoms in total. The second-order valence-corrected chi connectivity index (χ2v) is 7.93. The van der Waals surface area contributed by atoms with Gasteiger partial charge in [-0.25, -0.2) is 4.57 Å². The fraction of sp³-hybridized carbons (Fsp3) is 0.158. The van der Waals surface area contributed by atoms with Crippen molar-refractivity contribution in [3.05, 3.63) is 84.9 Å². The summed E-state index contributed by atoms with van der Waals surface area (Å²) < 4.78 is 15.0. The Morgan fingerprint density at radius 3 is 1.92 bits per heavy atom. The second-order valence-electron chi connectivity index (χ2n) is 6.00. The van der Waals surface area contributed by atoms with Gasteiger partial charge < -0.3 is 9.79 Å². The molecule has 3 aromatic rings. The van der Waals surface area contributed by atoms with Crippen LogP contribution in [0.5, 0.6) is 0 Å². The standard InChI is InChI=1S/C19H19N2O3P/c1-16(25(22,23)24)21-13-9-19(10-14-21)18-7-11-20(12-8-18)15-17-5-3-2-4-6-17/h2-14,16H,15H2,1H3/p+2. The van der Waals surface area contributed by atoms with E-state index in [1.807, 2.05) is 54.9 Å². The van der Waals surface area contributed by atoms with Crippen LogP contribution in [-0.2, 0) is 11.1 Å². The Labute approximate surface area is 147 Å². The molecule has 0 aliphatic heterocycles. The van der Waals surface area contributed by atoms with Crippen molar-refractivity contribution in [3.8, 4) is 11.1 Å². The SMILES string of the molecule is CC([n+]1ccc(-c2cc[n+](Cc3ccccc3)cc2)cc1)P(=O)(O)O. The third kappa shape index (κ3) is 4.40. The summed E-state index contributed by atoms with van der Waals surface area (Å²) in [4.78, 5) is 18.5. The molecule has 128 valence electrons. The summed E-state index contributed by atoms with van der Waals surface area (Å²) in [6.45, 7) is 2.32. The number of nitrogens with zero attached hydrogens (tertiary/aromatic N) is 2. The van der Waals surface area contributed by atoms with Crippen LogP contribution in [0.15, 0.2) is 79.4 Å². The molecule has 0 amide bonds. The Balaban J connectivity index is 1.75. The monoisotopic (exact) mass is 356 g/mol. The number of benzene rings is 1. The molecule has 2 N–H and O–H groups in total. The minimum Gasteiger partial charge on any atom is -0.320 e. The van der Waals surface area contributed by atoms with E-state index in [9.17, 15) is 14.4 Å². The van der Waals surface area contributed by atoms with Crippen molar-refractivity contribution in [2.24, 2.45) is 0 Å². The van der Waals surface area contributed by atoms with Crippen molar-refractivity contribution in [2.75, 3.05) is 0 Å². The Morgan fingerprint density at radius 2 is 1.40 bits per heavy atom. The highest BCUT2D eigenvalue weighted by molar-refractivity contribution is 7.51. The van der Waals surface area contributed by atoms with Gasteiger partial charge in [0.1, 0.15) is 0 Å². The lowest BCUT2D eigenvalue weighted by Crippen LogP contribution is -2.36. The average Bonchev–Trinajstić information content (AvgIpc) is 2.62. The van der Waals surface area contributed by atoms with Crippen molar-refractivity contribution in [1.29, 1.82) is 0 Å². The number of aromatic nitrogens is 2. The molecule has 0 saturated carbocycles. The van der Waals surface area contributed by atoms with E-state index in [4.69, 9.17) is 0 Å². The second kappa shape index (κ2) is 7.28. The molecular formula is C19H21N2O3P+2. The van der Waals surface area contributed by atoms with Crippen molar-refractivity contribution in [2.45, 2.75) is 19.3 Å². The Hall–Kier alpha value is -2.33. The first-order valence-electron chi connectivity index (χ1n) is 8.03. The predicted molar refractivity (Wildman–Crippen MR) is 94.6 cm³/mol. The maximum Gasteiger partial charge on any atom is 0.392 e. The largest absolute Gasteiger partial charge is 0.392 e. The van der Waals surface area contributed by atoms with E-state index in [0.717, 1.165) is 17.7 Å². The lowest BCUT2D eigenvalue weighted by molar-refractivity contribution is -0.701. The highest BCUT2D eigenvalue weighted by atomic mass is 31.2. The van der Waals surface area contributed by atoms with Gasteiger partial charge in [0.15, 0.2) is 31.3 Å². The zero-order valence-electron chi connectivity index (χ0n) is 13.9. The van der Waals surface area contributed by atoms with Gasteiger partial charge in [-0.3, -0.25) is 4.57 Å². The van der Waals surface area contributed by atoms with Gasteiger partial charge in [-0.2, -0.15) is 4.57 Å². The third-order valence-corrected chi connectivity index (χ3v) is 5.44. The number of hydrogen-bond acceptors (Lipinski definition) is 1. The van der Waals surface area contributed by atoms with Crippen molar-refractivity contribution in [3.63, 3.8) is 0 Å². The van der Waals surface area contributed by atoms with Crippen LogP contribution in [0.1, 0.15) is 18.3 Å². The molecule has 0 fully saturated rings. The van der Waals surface area contributed by atoms with Crippen LogP contribution in [0.2, 0.25) is 0 Å². The normalized spacial score (nSPS) is 12.8. The van der Waals surface area contributed by atoms with Crippen LogP contribution in [0.4, 0.5) is 0 Å². The van der Waals surface area contributed by atoms with Gasteiger partial charge in [0.05, 0.1) is 0 Å². The summed E-state index contributed by atoms with van der Waals surface area (Å²) in [7, 11) is -4.15. The van der Waals surface area contributed by atoms with Crippen LogP contribution in [0.3, 0.4) is 0 Å². The molecule has 0 radical (unpaired) electrons. The van der Waals surface area contributed by atoms with Gasteiger partial charge in [0, 0.05) is 36.8 Å². The van der Waals surface area contributed by atoms with Gasteiger partial charge in [-0.1, -0.05) is 30.3 Å². The van der Waals surface area contributed by atoms with Crippen LogP contribution >= 0.6 is 7.60 Å². The minimum absolute atomic E-state index is 0.815. The molecular weight excluding hydrogens is 335 g/mol. The fourth-order valence-electron chi connectivity index (χ4n) is 2.60. The van der Waals surface area contributed by atoms with E-state index in [2.05, 4.69) is 16.7 Å². The zero-order valence-corrected chi connectivity index (χ0v) is 14.8. The molecule has 1 unspecified atom stereocenters. The van der Waals surface area contributed by atoms with Crippen LogP contribution in [-0.4, -0.2) is 9.79 Å². The highest BCUT2D eigenvalue weighted by Gasteiger charge is 2.32. The number of pyridine rings is 2. The molecule has 0 aliphatic rings. The molecule has 3 rings (SSSR count). The van der Waals surface area contributed by atoms with Gasteiger partial charge in [-0.15, -0.1) is 0 Å². The van der Waals surface area contributed by atoms with Gasteiger partial charge in [0.2, 0.25) is 0 Å². The van der Waals surface area contributed by atoms with Crippen LogP contribution in [0.25, 0.3) is 11.1 Å². The Kier molecular flexibility index (Phi) is 5.09. The molecule has 25 heavy (non-hydrogen) atoms. The summed E-state index contributed by atoms with van der Waals surface area (Å²) in [5, 5.41) is 0. The van der Waals surface area contributed by atoms with E-state index < -0.39 is 13.4 Å². The van der Waals surface area contributed by atoms with Crippen molar-refractivity contribution >= 4 is 7.60 Å². The van der Waals surface area contributed by atoms with E-state index in [1.165, 1.54) is 17.1 Å². The molecule has 2 aromatic heterocycles. The number of rotatable bonds is 5. The topological polar surface area (TPSA) is 65.3 Å². The zero-order chi connectivity index (χ0) is 17.9. The van der Waals surface area contributed by atoms with Crippen LogP contribution in [0, 0.1) is 0 Å². The molecule has 1 atom stereocenters. The van der Waals surface area contributed by atoms with Crippen molar-refractivity contribution in [1.82, 2.24) is 0 Å². The summed E-state index contributed by atoms with van der Waals surface area (Å²) in [5.74, 6) is -0.870. The Bertz CT molecular complexity index is 875. The molecule has 0 spiro atoms. The summed E-state index contributed by atoms with van der Waals surface area (Å²) in [5.41, 5.74) is 3.30. The van der Waals surface area contributed by atoms with E-state index in [0.29, 0.717) is 0 Å². The van der Waals surface area contributed by atoms with Gasteiger partial charge in [-0.05, 0) is 11.1 Å². The highest BCUT2D eigenvalue weighted by Crippen LogP contribution is 2.45. The van der Waals surface area contributed by atoms with Gasteiger partial charge in [0.25, 0.3) is 5.78 Å². The molecule has 1 aromatic carbocycles. The molecule has 0 aliphatic carbocycles. The van der Waals surface area contributed by atoms with E-state index >= 15 is 0 Å². The summed E-state index contributed by atoms with van der Waals surface area (Å²) >= 11 is 0. The molecule has 2 heterocycles. The smallest absolute Gasteiger partial charge is 0.320 e. The molecule has 6 heteroatoms. The lowest BCUT2D eigenvalue weighted by Gasteiger charge is -2.09. The maximum absolute atomic E-state index is 11.3. The first kappa shape index (κ1) is 17.5. The van der Waals surface area contributed by atoms with Crippen molar-refractivity contribution < 1.29 is 23.5 Å². The first-order chi connectivity index (χ1) is 11.9. The number of hydrogen-bond donors (Lipinski definition) is 2. The summed E-state index contributed by atoms with van der Waals surface area (Å²) in [6, 6.07) is 18.1. The maximum atomic E-state index is 11.3. The third-order valence-electron chi connectivity index (χ3n) is 4.20. The minimum atomic E-state index is -4.15.